The molecule has 1 aromatic rings. The van der Waals surface area contributed by atoms with E-state index in [0.29, 0.717) is 5.02 Å². The van der Waals surface area contributed by atoms with Gasteiger partial charge in [0.05, 0.1) is 4.47 Å². The van der Waals surface area contributed by atoms with Crippen molar-refractivity contribution in [3.8, 4) is 5.75 Å². The Labute approximate surface area is 123 Å². The van der Waals surface area contributed by atoms with E-state index in [4.69, 9.17) is 16.3 Å². The van der Waals surface area contributed by atoms with Gasteiger partial charge in [0.1, 0.15) is 11.9 Å². The average molecular weight is 335 g/mol. The SMILES string of the molecule is CCC(CNC(C)(C)C)Oc1ccc(Cl)cc1Br. The Morgan fingerprint density at radius 3 is 2.56 bits per heavy atom. The Hall–Kier alpha value is -0.250. The molecule has 0 fully saturated rings. The smallest absolute Gasteiger partial charge is 0.134 e. The molecule has 0 spiro atoms. The van der Waals surface area contributed by atoms with E-state index < -0.39 is 0 Å². The topological polar surface area (TPSA) is 21.3 Å². The van der Waals surface area contributed by atoms with Gasteiger partial charge in [0.2, 0.25) is 0 Å². The monoisotopic (exact) mass is 333 g/mol. The lowest BCUT2D eigenvalue weighted by atomic mass is 10.1. The van der Waals surface area contributed by atoms with Gasteiger partial charge in [-0.15, -0.1) is 0 Å². The lowest BCUT2D eigenvalue weighted by Gasteiger charge is -2.25. The molecule has 1 N–H and O–H groups in total. The first-order valence-corrected chi connectivity index (χ1v) is 7.35. The van der Waals surface area contributed by atoms with Crippen LogP contribution in [0.15, 0.2) is 22.7 Å². The zero-order valence-electron chi connectivity index (χ0n) is 11.4. The van der Waals surface area contributed by atoms with Crippen molar-refractivity contribution < 1.29 is 4.74 Å². The quantitative estimate of drug-likeness (QED) is 0.846. The predicted octanol–water partition coefficient (Wildman–Crippen LogP) is 4.65. The highest BCUT2D eigenvalue weighted by Gasteiger charge is 2.15. The first-order chi connectivity index (χ1) is 8.31. The molecule has 0 aliphatic rings. The van der Waals surface area contributed by atoms with Gasteiger partial charge in [0.15, 0.2) is 0 Å². The van der Waals surface area contributed by atoms with Crippen molar-refractivity contribution in [1.82, 2.24) is 5.32 Å². The van der Waals surface area contributed by atoms with E-state index in [1.807, 2.05) is 18.2 Å². The van der Waals surface area contributed by atoms with E-state index in [0.717, 1.165) is 23.2 Å². The van der Waals surface area contributed by atoms with Crippen LogP contribution in [0.4, 0.5) is 0 Å². The number of ether oxygens (including phenoxy) is 1. The molecule has 0 saturated carbocycles. The maximum absolute atomic E-state index is 5.98. The van der Waals surface area contributed by atoms with E-state index in [1.165, 1.54) is 0 Å². The minimum absolute atomic E-state index is 0.105. The van der Waals surface area contributed by atoms with Crippen LogP contribution in [-0.2, 0) is 0 Å². The van der Waals surface area contributed by atoms with Crippen LogP contribution in [0.1, 0.15) is 34.1 Å². The summed E-state index contributed by atoms with van der Waals surface area (Å²) in [5.41, 5.74) is 0.105. The lowest BCUT2D eigenvalue weighted by Crippen LogP contribution is -2.42. The molecule has 0 aliphatic carbocycles. The maximum Gasteiger partial charge on any atom is 0.134 e. The van der Waals surface area contributed by atoms with Gasteiger partial charge in [-0.2, -0.15) is 0 Å². The van der Waals surface area contributed by atoms with Crippen molar-refractivity contribution >= 4 is 27.5 Å². The molecule has 4 heteroatoms. The van der Waals surface area contributed by atoms with E-state index in [1.54, 1.807) is 0 Å². The van der Waals surface area contributed by atoms with E-state index in [-0.39, 0.29) is 11.6 Å². The molecule has 0 amide bonds. The number of hydrogen-bond donors (Lipinski definition) is 1. The molecule has 1 unspecified atom stereocenters. The molecule has 1 aromatic carbocycles. The molecule has 0 radical (unpaired) electrons. The Kier molecular flexibility index (Phi) is 5.96. The Morgan fingerprint density at radius 2 is 2.06 bits per heavy atom. The molecule has 0 aromatic heterocycles. The Balaban J connectivity index is 2.62. The summed E-state index contributed by atoms with van der Waals surface area (Å²) in [7, 11) is 0. The summed E-state index contributed by atoms with van der Waals surface area (Å²) in [6.45, 7) is 9.40. The third kappa shape index (κ3) is 5.59. The summed E-state index contributed by atoms with van der Waals surface area (Å²) in [6.07, 6.45) is 1.11. The van der Waals surface area contributed by atoms with E-state index >= 15 is 0 Å². The second-order valence-corrected chi connectivity index (χ2v) is 6.64. The number of rotatable bonds is 5. The van der Waals surface area contributed by atoms with Crippen LogP contribution in [0.3, 0.4) is 0 Å². The summed E-state index contributed by atoms with van der Waals surface area (Å²) in [5, 5.41) is 4.16. The van der Waals surface area contributed by atoms with E-state index in [2.05, 4.69) is 48.9 Å². The van der Waals surface area contributed by atoms with Gasteiger partial charge < -0.3 is 10.1 Å². The van der Waals surface area contributed by atoms with E-state index in [9.17, 15) is 0 Å². The third-order valence-electron chi connectivity index (χ3n) is 2.50. The molecular weight excluding hydrogens is 314 g/mol. The first-order valence-electron chi connectivity index (χ1n) is 6.18. The molecule has 102 valence electrons. The highest BCUT2D eigenvalue weighted by molar-refractivity contribution is 9.10. The molecular formula is C14H21BrClNO. The normalized spacial score (nSPS) is 13.4. The fourth-order valence-electron chi connectivity index (χ4n) is 1.44. The van der Waals surface area contributed by atoms with Gasteiger partial charge in [-0.25, -0.2) is 0 Å². The lowest BCUT2D eigenvalue weighted by molar-refractivity contribution is 0.180. The summed E-state index contributed by atoms with van der Waals surface area (Å²) >= 11 is 9.38. The second kappa shape index (κ2) is 6.78. The zero-order valence-corrected chi connectivity index (χ0v) is 13.7. The zero-order chi connectivity index (χ0) is 13.8. The van der Waals surface area contributed by atoms with Crippen molar-refractivity contribution in [2.24, 2.45) is 0 Å². The molecule has 0 heterocycles. The molecule has 1 atom stereocenters. The average Bonchev–Trinajstić information content (AvgIpc) is 2.25. The standard InChI is InChI=1S/C14H21BrClNO/c1-5-11(9-17-14(2,3)4)18-13-7-6-10(16)8-12(13)15/h6-8,11,17H,5,9H2,1-4H3. The van der Waals surface area contributed by atoms with Crippen LogP contribution in [0.25, 0.3) is 0 Å². The Morgan fingerprint density at radius 1 is 1.39 bits per heavy atom. The van der Waals surface area contributed by atoms with Crippen LogP contribution >= 0.6 is 27.5 Å². The minimum atomic E-state index is 0.105. The number of benzene rings is 1. The van der Waals surface area contributed by atoms with Crippen LogP contribution < -0.4 is 10.1 Å². The first kappa shape index (κ1) is 15.8. The third-order valence-corrected chi connectivity index (χ3v) is 3.36. The van der Waals surface area contributed by atoms with Crippen LogP contribution in [0, 0.1) is 0 Å². The van der Waals surface area contributed by atoms with Gasteiger partial charge in [0, 0.05) is 17.1 Å². The second-order valence-electron chi connectivity index (χ2n) is 5.35. The summed E-state index contributed by atoms with van der Waals surface area (Å²) < 4.78 is 6.87. The largest absolute Gasteiger partial charge is 0.488 e. The van der Waals surface area contributed by atoms with Gasteiger partial charge in [0.25, 0.3) is 0 Å². The predicted molar refractivity (Wildman–Crippen MR) is 81.6 cm³/mol. The summed E-state index contributed by atoms with van der Waals surface area (Å²) in [4.78, 5) is 0. The van der Waals surface area contributed by atoms with Crippen molar-refractivity contribution in [2.45, 2.75) is 45.8 Å². The van der Waals surface area contributed by atoms with Crippen LogP contribution in [-0.4, -0.2) is 18.2 Å². The van der Waals surface area contributed by atoms with Crippen molar-refractivity contribution in [2.75, 3.05) is 6.54 Å². The molecule has 2 nitrogen and oxygen atoms in total. The number of halogens is 2. The van der Waals surface area contributed by atoms with Crippen molar-refractivity contribution in [3.63, 3.8) is 0 Å². The fourth-order valence-corrected chi connectivity index (χ4v) is 2.22. The molecule has 18 heavy (non-hydrogen) atoms. The van der Waals surface area contributed by atoms with Gasteiger partial charge in [-0.1, -0.05) is 18.5 Å². The highest BCUT2D eigenvalue weighted by atomic mass is 79.9. The van der Waals surface area contributed by atoms with Gasteiger partial charge in [-0.3, -0.25) is 0 Å². The van der Waals surface area contributed by atoms with Crippen LogP contribution in [0.2, 0.25) is 5.02 Å². The van der Waals surface area contributed by atoms with Gasteiger partial charge in [-0.05, 0) is 61.3 Å². The Bertz CT molecular complexity index is 390. The molecule has 0 saturated heterocycles. The maximum atomic E-state index is 5.98. The number of nitrogens with one attached hydrogen (secondary N) is 1. The number of hydrogen-bond acceptors (Lipinski definition) is 2. The molecule has 1 rings (SSSR count). The van der Waals surface area contributed by atoms with Crippen molar-refractivity contribution in [3.05, 3.63) is 27.7 Å². The molecule has 0 bridgehead atoms. The van der Waals surface area contributed by atoms with Gasteiger partial charge >= 0.3 is 0 Å². The minimum Gasteiger partial charge on any atom is -0.488 e. The van der Waals surface area contributed by atoms with Crippen molar-refractivity contribution in [1.29, 1.82) is 0 Å². The fraction of sp³-hybridized carbons (Fsp3) is 0.571. The van der Waals surface area contributed by atoms with Crippen LogP contribution in [0.5, 0.6) is 5.75 Å². The molecule has 0 aliphatic heterocycles. The summed E-state index contributed by atoms with van der Waals surface area (Å²) in [6, 6.07) is 5.58. The summed E-state index contributed by atoms with van der Waals surface area (Å²) in [5.74, 6) is 0.835. The highest BCUT2D eigenvalue weighted by Crippen LogP contribution is 2.29.